The molecule has 2 saturated heterocycles. The Balaban J connectivity index is 0.00000280. The van der Waals surface area contributed by atoms with Crippen molar-refractivity contribution in [1.29, 1.82) is 0 Å². The molecule has 0 unspecified atom stereocenters. The largest absolute Gasteiger partial charge is 0.497 e. The number of nitrogens with one attached hydrogen (secondary N) is 2. The van der Waals surface area contributed by atoms with Crippen molar-refractivity contribution in [2.24, 2.45) is 0 Å². The Morgan fingerprint density at radius 3 is 2.46 bits per heavy atom. The molecule has 0 spiro atoms. The van der Waals surface area contributed by atoms with Crippen LogP contribution in [0.1, 0.15) is 37.3 Å². The molecule has 0 aromatic heterocycles. The number of methoxy groups -OCH3 is 1. The van der Waals surface area contributed by atoms with Gasteiger partial charge in [-0.15, -0.1) is 12.4 Å². The number of amides is 2. The molecule has 3 rings (SSSR count). The van der Waals surface area contributed by atoms with Crippen LogP contribution in [0.15, 0.2) is 24.3 Å². The fraction of sp³-hybridized carbons (Fsp3) is 0.600. The highest BCUT2D eigenvalue weighted by Gasteiger charge is 2.39. The number of nitrogens with zero attached hydrogens (tertiary/aromatic N) is 1. The van der Waals surface area contributed by atoms with E-state index in [4.69, 9.17) is 9.47 Å². The summed E-state index contributed by atoms with van der Waals surface area (Å²) in [6.07, 6.45) is 3.35. The van der Waals surface area contributed by atoms with E-state index in [1.165, 1.54) is 0 Å². The Hall–Kier alpha value is -1.83. The van der Waals surface area contributed by atoms with Gasteiger partial charge in [0.15, 0.2) is 0 Å². The number of likely N-dealkylation sites (tertiary alicyclic amines) is 1. The van der Waals surface area contributed by atoms with Crippen molar-refractivity contribution in [2.45, 2.75) is 43.8 Å². The van der Waals surface area contributed by atoms with E-state index in [1.807, 2.05) is 29.2 Å². The fourth-order valence-electron chi connectivity index (χ4n) is 3.94. The standard InChI is InChI=1S/C20H29N3O4.ClH/c1-21-20(25)18(14-5-7-16(26-2)8-6-14)23-11-3-4-17(23)19(24)22-15-9-12-27-13-10-15;/h5-8,15,17-18H,3-4,9-13H2,1-2H3,(H,21,25)(H,22,24);1H/t17-,18+;/m0./s1. The molecule has 2 atom stereocenters. The average Bonchev–Trinajstić information content (AvgIpc) is 3.18. The van der Waals surface area contributed by atoms with Crippen LogP contribution in [0.3, 0.4) is 0 Å². The van der Waals surface area contributed by atoms with Gasteiger partial charge in [-0.1, -0.05) is 12.1 Å². The molecule has 156 valence electrons. The Bertz CT molecular complexity index is 649. The highest BCUT2D eigenvalue weighted by Crippen LogP contribution is 2.31. The summed E-state index contributed by atoms with van der Waals surface area (Å²) in [4.78, 5) is 27.6. The van der Waals surface area contributed by atoms with Gasteiger partial charge in [0.1, 0.15) is 11.8 Å². The van der Waals surface area contributed by atoms with Gasteiger partial charge in [0.2, 0.25) is 11.8 Å². The quantitative estimate of drug-likeness (QED) is 0.744. The smallest absolute Gasteiger partial charge is 0.241 e. The van der Waals surface area contributed by atoms with Crippen molar-refractivity contribution < 1.29 is 19.1 Å². The maximum atomic E-state index is 12.9. The zero-order valence-corrected chi connectivity index (χ0v) is 17.3. The van der Waals surface area contributed by atoms with Crippen LogP contribution in [0.5, 0.6) is 5.75 Å². The highest BCUT2D eigenvalue weighted by atomic mass is 35.5. The van der Waals surface area contributed by atoms with E-state index in [1.54, 1.807) is 14.2 Å². The Kier molecular flexibility index (Phi) is 8.54. The summed E-state index contributed by atoms with van der Waals surface area (Å²) in [5.74, 6) is 0.650. The van der Waals surface area contributed by atoms with Crippen LogP contribution in [0.4, 0.5) is 0 Å². The van der Waals surface area contributed by atoms with Crippen LogP contribution in [0.2, 0.25) is 0 Å². The molecule has 0 bridgehead atoms. The number of likely N-dealkylation sites (N-methyl/N-ethyl adjacent to an activating group) is 1. The lowest BCUT2D eigenvalue weighted by Crippen LogP contribution is -2.51. The molecular weight excluding hydrogens is 382 g/mol. The molecule has 1 aromatic carbocycles. The van der Waals surface area contributed by atoms with E-state index in [2.05, 4.69) is 10.6 Å². The molecule has 2 amide bonds. The SMILES string of the molecule is CNC(=O)[C@@H](c1ccc(OC)cc1)N1CCC[C@H]1C(=O)NC1CCOCC1.Cl. The Labute approximate surface area is 172 Å². The van der Waals surface area contributed by atoms with Gasteiger partial charge in [-0.3, -0.25) is 14.5 Å². The molecule has 2 N–H and O–H groups in total. The normalized spacial score (nSPS) is 21.4. The molecule has 1 aromatic rings. The van der Waals surface area contributed by atoms with Crippen LogP contribution in [-0.2, 0) is 14.3 Å². The van der Waals surface area contributed by atoms with Crippen LogP contribution in [-0.4, -0.2) is 62.7 Å². The summed E-state index contributed by atoms with van der Waals surface area (Å²) in [7, 11) is 3.24. The maximum absolute atomic E-state index is 12.9. The first-order valence-electron chi connectivity index (χ1n) is 9.63. The van der Waals surface area contributed by atoms with Crippen molar-refractivity contribution in [2.75, 3.05) is 33.9 Å². The summed E-state index contributed by atoms with van der Waals surface area (Å²) in [5.41, 5.74) is 0.862. The van der Waals surface area contributed by atoms with Crippen molar-refractivity contribution in [3.63, 3.8) is 0 Å². The third kappa shape index (κ3) is 5.16. The summed E-state index contributed by atoms with van der Waals surface area (Å²) in [5, 5.41) is 5.91. The highest BCUT2D eigenvalue weighted by molar-refractivity contribution is 5.86. The molecule has 2 heterocycles. The zero-order chi connectivity index (χ0) is 19.2. The number of hydrogen-bond donors (Lipinski definition) is 2. The second-order valence-electron chi connectivity index (χ2n) is 7.08. The van der Waals surface area contributed by atoms with Crippen molar-refractivity contribution >= 4 is 24.2 Å². The second-order valence-corrected chi connectivity index (χ2v) is 7.08. The number of rotatable bonds is 6. The molecule has 0 radical (unpaired) electrons. The number of ether oxygens (including phenoxy) is 2. The topological polar surface area (TPSA) is 79.9 Å². The summed E-state index contributed by atoms with van der Waals surface area (Å²) < 4.78 is 10.6. The monoisotopic (exact) mass is 411 g/mol. The van der Waals surface area contributed by atoms with Crippen LogP contribution >= 0.6 is 12.4 Å². The summed E-state index contributed by atoms with van der Waals surface area (Å²) in [6, 6.07) is 6.85. The van der Waals surface area contributed by atoms with Crippen LogP contribution in [0.25, 0.3) is 0 Å². The van der Waals surface area contributed by atoms with Gasteiger partial charge < -0.3 is 20.1 Å². The van der Waals surface area contributed by atoms with E-state index in [0.717, 1.165) is 43.5 Å². The molecule has 0 saturated carbocycles. The number of benzene rings is 1. The first-order chi connectivity index (χ1) is 13.1. The molecule has 7 nitrogen and oxygen atoms in total. The first-order valence-corrected chi connectivity index (χ1v) is 9.63. The average molecular weight is 412 g/mol. The molecule has 2 aliphatic heterocycles. The lowest BCUT2D eigenvalue weighted by Gasteiger charge is -2.33. The van der Waals surface area contributed by atoms with Crippen molar-refractivity contribution in [3.8, 4) is 5.75 Å². The van der Waals surface area contributed by atoms with Gasteiger partial charge in [-0.25, -0.2) is 0 Å². The zero-order valence-electron chi connectivity index (χ0n) is 16.5. The van der Waals surface area contributed by atoms with Gasteiger partial charge in [-0.05, 0) is 43.4 Å². The van der Waals surface area contributed by atoms with E-state index in [0.29, 0.717) is 13.2 Å². The minimum atomic E-state index is -0.492. The van der Waals surface area contributed by atoms with Crippen molar-refractivity contribution in [1.82, 2.24) is 15.5 Å². The molecule has 2 aliphatic rings. The lowest BCUT2D eigenvalue weighted by atomic mass is 10.0. The fourth-order valence-corrected chi connectivity index (χ4v) is 3.94. The Morgan fingerprint density at radius 2 is 1.86 bits per heavy atom. The number of carbonyl (C=O) groups is 2. The van der Waals surface area contributed by atoms with E-state index in [9.17, 15) is 9.59 Å². The van der Waals surface area contributed by atoms with E-state index < -0.39 is 6.04 Å². The lowest BCUT2D eigenvalue weighted by molar-refractivity contribution is -0.131. The molecule has 28 heavy (non-hydrogen) atoms. The number of hydrogen-bond acceptors (Lipinski definition) is 5. The summed E-state index contributed by atoms with van der Waals surface area (Å²) >= 11 is 0. The molecule has 2 fully saturated rings. The predicted octanol–water partition coefficient (Wildman–Crippen LogP) is 1.66. The molecular formula is C20H30ClN3O4. The van der Waals surface area contributed by atoms with E-state index >= 15 is 0 Å². The van der Waals surface area contributed by atoms with Crippen LogP contribution < -0.4 is 15.4 Å². The predicted molar refractivity (Wildman–Crippen MR) is 109 cm³/mol. The van der Waals surface area contributed by atoms with Gasteiger partial charge in [0.05, 0.1) is 13.2 Å². The third-order valence-corrected chi connectivity index (χ3v) is 5.42. The van der Waals surface area contributed by atoms with Crippen LogP contribution in [0, 0.1) is 0 Å². The van der Waals surface area contributed by atoms with Gasteiger partial charge in [0.25, 0.3) is 0 Å². The number of halogens is 1. The minimum absolute atomic E-state index is 0. The minimum Gasteiger partial charge on any atom is -0.497 e. The number of carbonyl (C=O) groups excluding carboxylic acids is 2. The molecule has 8 heteroatoms. The summed E-state index contributed by atoms with van der Waals surface area (Å²) in [6.45, 7) is 2.09. The van der Waals surface area contributed by atoms with Gasteiger partial charge in [0, 0.05) is 32.8 Å². The third-order valence-electron chi connectivity index (χ3n) is 5.42. The molecule has 0 aliphatic carbocycles. The van der Waals surface area contributed by atoms with E-state index in [-0.39, 0.29) is 36.3 Å². The first kappa shape index (κ1) is 22.5. The second kappa shape index (κ2) is 10.6. The van der Waals surface area contributed by atoms with Gasteiger partial charge in [-0.2, -0.15) is 0 Å². The maximum Gasteiger partial charge on any atom is 0.241 e. The Morgan fingerprint density at radius 1 is 1.18 bits per heavy atom. The van der Waals surface area contributed by atoms with Gasteiger partial charge >= 0.3 is 0 Å². The van der Waals surface area contributed by atoms with Crippen molar-refractivity contribution in [3.05, 3.63) is 29.8 Å².